The van der Waals surface area contributed by atoms with Crippen molar-refractivity contribution in [1.82, 2.24) is 24.8 Å². The maximum atomic E-state index is 9.92. The Morgan fingerprint density at radius 2 is 2.04 bits per heavy atom. The zero-order valence-electron chi connectivity index (χ0n) is 15.7. The van der Waals surface area contributed by atoms with E-state index in [-0.39, 0.29) is 18.4 Å². The molecule has 0 amide bonds. The molecule has 1 saturated heterocycles. The Bertz CT molecular complexity index is 700. The molecule has 2 aromatic heterocycles. The van der Waals surface area contributed by atoms with Gasteiger partial charge in [0.05, 0.1) is 18.5 Å². The Morgan fingerprint density at radius 1 is 1.31 bits per heavy atom. The van der Waals surface area contributed by atoms with Gasteiger partial charge in [-0.05, 0) is 46.2 Å². The summed E-state index contributed by atoms with van der Waals surface area (Å²) in [5, 5.41) is 20.1. The fraction of sp³-hybridized carbons (Fsp3) is 0.706. The highest BCUT2D eigenvalue weighted by atomic mass is 35.5. The van der Waals surface area contributed by atoms with Crippen LogP contribution in [0.25, 0.3) is 11.2 Å². The molecular weight excluding hydrogens is 354 g/mol. The number of aromatic nitrogens is 4. The van der Waals surface area contributed by atoms with E-state index in [0.717, 1.165) is 55.9 Å². The summed E-state index contributed by atoms with van der Waals surface area (Å²) in [6.45, 7) is 8.71. The van der Waals surface area contributed by atoms with Crippen LogP contribution in [0.1, 0.15) is 40.0 Å². The monoisotopic (exact) mass is 383 g/mol. The molecule has 0 bridgehead atoms. The lowest BCUT2D eigenvalue weighted by Gasteiger charge is -2.25. The van der Waals surface area contributed by atoms with Crippen molar-refractivity contribution < 1.29 is 5.11 Å². The van der Waals surface area contributed by atoms with E-state index in [9.17, 15) is 5.11 Å². The molecule has 0 aliphatic carbocycles. The zero-order chi connectivity index (χ0) is 17.8. The van der Waals surface area contributed by atoms with Gasteiger partial charge in [-0.1, -0.05) is 6.92 Å². The van der Waals surface area contributed by atoms with Crippen LogP contribution in [-0.2, 0) is 6.54 Å². The number of hydrogen-bond acceptors (Lipinski definition) is 7. The van der Waals surface area contributed by atoms with Gasteiger partial charge < -0.3 is 25.6 Å². The topological polar surface area (TPSA) is 99.9 Å². The second-order valence-corrected chi connectivity index (χ2v) is 6.67. The van der Waals surface area contributed by atoms with Crippen LogP contribution in [-0.4, -0.2) is 55.9 Å². The molecule has 0 saturated carbocycles. The van der Waals surface area contributed by atoms with Crippen molar-refractivity contribution >= 4 is 35.3 Å². The van der Waals surface area contributed by atoms with E-state index in [2.05, 4.69) is 37.8 Å². The standard InChI is InChI=1S/C17H29N7O.ClH/c1-4-13(11(3)25)21-17-22-15(20-12-6-8-18-9-7-12)14-16(23-17)24(5-2)10-19-14;/h10-13,18,25H,4-9H2,1-3H3,(H2,20,21,22,23);1H/t11-,13+;/m1./s1. The van der Waals surface area contributed by atoms with Crippen LogP contribution in [0.5, 0.6) is 0 Å². The van der Waals surface area contributed by atoms with Crippen LogP contribution < -0.4 is 16.0 Å². The lowest BCUT2D eigenvalue weighted by Crippen LogP contribution is -2.36. The summed E-state index contributed by atoms with van der Waals surface area (Å²) in [4.78, 5) is 13.8. The molecule has 146 valence electrons. The number of aryl methyl sites for hydroxylation is 1. The van der Waals surface area contributed by atoms with Crippen molar-refractivity contribution in [1.29, 1.82) is 0 Å². The van der Waals surface area contributed by atoms with E-state index in [1.807, 2.05) is 17.8 Å². The van der Waals surface area contributed by atoms with Crippen molar-refractivity contribution in [2.75, 3.05) is 23.7 Å². The Hall–Kier alpha value is -1.64. The lowest BCUT2D eigenvalue weighted by atomic mass is 10.1. The molecule has 2 atom stereocenters. The minimum absolute atomic E-state index is 0. The Kier molecular flexibility index (Phi) is 7.43. The second-order valence-electron chi connectivity index (χ2n) is 6.67. The van der Waals surface area contributed by atoms with E-state index < -0.39 is 6.10 Å². The highest BCUT2D eigenvalue weighted by Crippen LogP contribution is 2.23. The van der Waals surface area contributed by atoms with Gasteiger partial charge in [0.2, 0.25) is 5.95 Å². The zero-order valence-corrected chi connectivity index (χ0v) is 16.5. The predicted molar refractivity (Wildman–Crippen MR) is 107 cm³/mol. The molecule has 8 nitrogen and oxygen atoms in total. The van der Waals surface area contributed by atoms with Crippen molar-refractivity contribution in [3.05, 3.63) is 6.33 Å². The molecule has 3 heterocycles. The van der Waals surface area contributed by atoms with E-state index in [4.69, 9.17) is 0 Å². The van der Waals surface area contributed by atoms with Crippen molar-refractivity contribution in [2.45, 2.75) is 64.8 Å². The first-order chi connectivity index (χ1) is 12.1. The predicted octanol–water partition coefficient (Wildman–Crippen LogP) is 2.00. The lowest BCUT2D eigenvalue weighted by molar-refractivity contribution is 0.169. The third-order valence-corrected chi connectivity index (χ3v) is 4.82. The molecule has 0 aromatic carbocycles. The van der Waals surface area contributed by atoms with Gasteiger partial charge in [-0.25, -0.2) is 4.98 Å². The molecule has 3 rings (SSSR count). The van der Waals surface area contributed by atoms with Gasteiger partial charge in [-0.2, -0.15) is 9.97 Å². The summed E-state index contributed by atoms with van der Waals surface area (Å²) in [5.74, 6) is 1.30. The van der Waals surface area contributed by atoms with Gasteiger partial charge in [-0.15, -0.1) is 12.4 Å². The number of anilines is 2. The number of rotatable bonds is 7. The molecule has 0 radical (unpaired) electrons. The van der Waals surface area contributed by atoms with Gasteiger partial charge in [0.1, 0.15) is 0 Å². The average Bonchev–Trinajstić information content (AvgIpc) is 3.03. The minimum Gasteiger partial charge on any atom is -0.391 e. The number of fused-ring (bicyclic) bond motifs is 1. The largest absolute Gasteiger partial charge is 0.391 e. The molecule has 1 aliphatic rings. The fourth-order valence-electron chi connectivity index (χ4n) is 3.23. The summed E-state index contributed by atoms with van der Waals surface area (Å²) in [5.41, 5.74) is 1.62. The highest BCUT2D eigenvalue weighted by molar-refractivity contribution is 5.85. The number of piperidine rings is 1. The van der Waals surface area contributed by atoms with E-state index in [1.165, 1.54) is 0 Å². The third-order valence-electron chi connectivity index (χ3n) is 4.82. The molecule has 4 N–H and O–H groups in total. The van der Waals surface area contributed by atoms with Crippen molar-refractivity contribution in [3.63, 3.8) is 0 Å². The number of halogens is 1. The summed E-state index contributed by atoms with van der Waals surface area (Å²) in [7, 11) is 0. The summed E-state index contributed by atoms with van der Waals surface area (Å²) in [6, 6.07) is 0.305. The van der Waals surface area contributed by atoms with Crippen LogP contribution in [0.3, 0.4) is 0 Å². The van der Waals surface area contributed by atoms with Gasteiger partial charge >= 0.3 is 0 Å². The quantitative estimate of drug-likeness (QED) is 0.580. The van der Waals surface area contributed by atoms with Crippen LogP contribution in [0.2, 0.25) is 0 Å². The molecule has 0 spiro atoms. The van der Waals surface area contributed by atoms with Crippen molar-refractivity contribution in [3.8, 4) is 0 Å². The van der Waals surface area contributed by atoms with Gasteiger partial charge in [0.25, 0.3) is 0 Å². The van der Waals surface area contributed by atoms with Gasteiger partial charge in [0.15, 0.2) is 17.0 Å². The van der Waals surface area contributed by atoms with Gasteiger partial charge in [-0.3, -0.25) is 0 Å². The number of aliphatic hydroxyl groups excluding tert-OH is 1. The normalized spacial score (nSPS) is 17.5. The fourth-order valence-corrected chi connectivity index (χ4v) is 3.23. The van der Waals surface area contributed by atoms with Crippen molar-refractivity contribution in [2.24, 2.45) is 0 Å². The Balaban J connectivity index is 0.00000243. The number of hydrogen-bond donors (Lipinski definition) is 4. The molecule has 2 aromatic rings. The van der Waals surface area contributed by atoms with Crippen LogP contribution >= 0.6 is 12.4 Å². The van der Waals surface area contributed by atoms with E-state index in [0.29, 0.717) is 12.0 Å². The Labute approximate surface area is 160 Å². The maximum absolute atomic E-state index is 9.92. The first-order valence-electron chi connectivity index (χ1n) is 9.27. The summed E-state index contributed by atoms with van der Waals surface area (Å²) in [6.07, 6.45) is 4.26. The third kappa shape index (κ3) is 4.55. The molecule has 1 aliphatic heterocycles. The first kappa shape index (κ1) is 20.7. The maximum Gasteiger partial charge on any atom is 0.227 e. The molecular formula is C17H30ClN7O. The summed E-state index contributed by atoms with van der Waals surface area (Å²) >= 11 is 0. The molecule has 26 heavy (non-hydrogen) atoms. The van der Waals surface area contributed by atoms with Gasteiger partial charge in [0, 0.05) is 12.6 Å². The smallest absolute Gasteiger partial charge is 0.227 e. The summed E-state index contributed by atoms with van der Waals surface area (Å²) < 4.78 is 2.01. The highest BCUT2D eigenvalue weighted by Gasteiger charge is 2.20. The number of nitrogens with one attached hydrogen (secondary N) is 3. The average molecular weight is 384 g/mol. The molecule has 9 heteroatoms. The first-order valence-corrected chi connectivity index (χ1v) is 9.27. The SMILES string of the molecule is CC[C@H](Nc1nc(NC2CCNCC2)c2ncn(CC)c2n1)[C@@H](C)O.Cl. The van der Waals surface area contributed by atoms with E-state index >= 15 is 0 Å². The molecule has 1 fully saturated rings. The molecule has 0 unspecified atom stereocenters. The van der Waals surface area contributed by atoms with E-state index in [1.54, 1.807) is 6.92 Å². The number of imidazole rings is 1. The second kappa shape index (κ2) is 9.34. The number of nitrogens with zero attached hydrogens (tertiary/aromatic N) is 4. The van der Waals surface area contributed by atoms with Crippen LogP contribution in [0.4, 0.5) is 11.8 Å². The minimum atomic E-state index is -0.471. The van der Waals surface area contributed by atoms with Crippen LogP contribution in [0.15, 0.2) is 6.33 Å². The Morgan fingerprint density at radius 3 is 2.65 bits per heavy atom. The number of aliphatic hydroxyl groups is 1. The van der Waals surface area contributed by atoms with Crippen LogP contribution in [0, 0.1) is 0 Å².